The Morgan fingerprint density at radius 2 is 1.87 bits per heavy atom. The van der Waals surface area contributed by atoms with E-state index < -0.39 is 20.9 Å². The van der Waals surface area contributed by atoms with Crippen molar-refractivity contribution >= 4 is 33.0 Å². The summed E-state index contributed by atoms with van der Waals surface area (Å²) in [6.45, 7) is 3.94. The zero-order valence-corrected chi connectivity index (χ0v) is 17.7. The first kappa shape index (κ1) is 23.1. The molecule has 1 amide bonds. The first-order valence-electron chi connectivity index (χ1n) is 9.19. The number of carbonyl (C=O) groups is 1. The number of sulfonamides is 1. The molecule has 0 atom stereocenters. The van der Waals surface area contributed by atoms with Crippen LogP contribution in [-0.2, 0) is 14.8 Å². The minimum absolute atomic E-state index is 0.0361. The fourth-order valence-corrected chi connectivity index (χ4v) is 4.25. The normalized spacial score (nSPS) is 11.2. The van der Waals surface area contributed by atoms with Crippen LogP contribution in [0.5, 0.6) is 5.75 Å². The quantitative estimate of drug-likeness (QED) is 0.432. The summed E-state index contributed by atoms with van der Waals surface area (Å²) >= 11 is 0. The molecular formula is C19H24N4O6S. The zero-order chi connectivity index (χ0) is 22.3. The summed E-state index contributed by atoms with van der Waals surface area (Å²) in [4.78, 5) is 22.7. The van der Waals surface area contributed by atoms with Crippen LogP contribution in [0, 0.1) is 10.1 Å². The maximum atomic E-state index is 12.7. The fraction of sp³-hybridized carbons (Fsp3) is 0.316. The molecule has 0 aliphatic rings. The number of hydrogen-bond acceptors (Lipinski definition) is 7. The van der Waals surface area contributed by atoms with E-state index in [9.17, 15) is 23.3 Å². The lowest BCUT2D eigenvalue weighted by Crippen LogP contribution is -2.30. The third-order valence-electron chi connectivity index (χ3n) is 4.30. The average molecular weight is 436 g/mol. The SMILES string of the molecule is CCN(CC)S(=O)(=O)c1ccc(OC)c(NC(=O)CNc2cccc([N+](=O)[O-])c2)c1. The number of amides is 1. The molecule has 162 valence electrons. The largest absolute Gasteiger partial charge is 0.495 e. The van der Waals surface area contributed by atoms with Gasteiger partial charge in [-0.15, -0.1) is 0 Å². The first-order valence-corrected chi connectivity index (χ1v) is 10.6. The van der Waals surface area contributed by atoms with Gasteiger partial charge in [0.05, 0.1) is 29.2 Å². The molecule has 0 heterocycles. The number of methoxy groups -OCH3 is 1. The van der Waals surface area contributed by atoms with Crippen LogP contribution >= 0.6 is 0 Å². The van der Waals surface area contributed by atoms with E-state index in [1.807, 2.05) is 0 Å². The van der Waals surface area contributed by atoms with Gasteiger partial charge in [0, 0.05) is 30.9 Å². The summed E-state index contributed by atoms with van der Waals surface area (Å²) in [5.74, 6) is -0.172. The summed E-state index contributed by atoms with van der Waals surface area (Å²) in [6.07, 6.45) is 0. The molecule has 0 unspecified atom stereocenters. The minimum Gasteiger partial charge on any atom is -0.495 e. The number of nitrogens with one attached hydrogen (secondary N) is 2. The summed E-state index contributed by atoms with van der Waals surface area (Å²) in [7, 11) is -2.30. The molecule has 2 aromatic carbocycles. The highest BCUT2D eigenvalue weighted by Gasteiger charge is 2.23. The van der Waals surface area contributed by atoms with E-state index >= 15 is 0 Å². The first-order chi connectivity index (χ1) is 14.2. The Bertz CT molecular complexity index is 1020. The Labute approximate surface area is 175 Å². The maximum Gasteiger partial charge on any atom is 0.271 e. The van der Waals surface area contributed by atoms with E-state index in [4.69, 9.17) is 4.74 Å². The van der Waals surface area contributed by atoms with Gasteiger partial charge in [0.1, 0.15) is 5.75 Å². The number of anilines is 2. The van der Waals surface area contributed by atoms with E-state index in [0.717, 1.165) is 0 Å². The highest BCUT2D eigenvalue weighted by molar-refractivity contribution is 7.89. The monoisotopic (exact) mass is 436 g/mol. The predicted molar refractivity (Wildman–Crippen MR) is 113 cm³/mol. The number of rotatable bonds is 10. The average Bonchev–Trinajstić information content (AvgIpc) is 2.73. The Balaban J connectivity index is 2.17. The predicted octanol–water partition coefficient (Wildman–Crippen LogP) is 2.68. The maximum absolute atomic E-state index is 12.7. The summed E-state index contributed by atoms with van der Waals surface area (Å²) in [6, 6.07) is 9.99. The molecular weight excluding hydrogens is 412 g/mol. The lowest BCUT2D eigenvalue weighted by molar-refractivity contribution is -0.384. The second-order valence-corrected chi connectivity index (χ2v) is 8.10. The molecule has 0 aliphatic carbocycles. The molecule has 0 fully saturated rings. The lowest BCUT2D eigenvalue weighted by Gasteiger charge is -2.19. The third kappa shape index (κ3) is 5.45. The number of hydrogen-bond donors (Lipinski definition) is 2. The van der Waals surface area contributed by atoms with Gasteiger partial charge in [0.25, 0.3) is 5.69 Å². The van der Waals surface area contributed by atoms with Crippen molar-refractivity contribution in [1.82, 2.24) is 4.31 Å². The van der Waals surface area contributed by atoms with Crippen LogP contribution in [0.2, 0.25) is 0 Å². The van der Waals surface area contributed by atoms with Crippen molar-refractivity contribution in [3.63, 3.8) is 0 Å². The number of carbonyl (C=O) groups excluding carboxylic acids is 1. The van der Waals surface area contributed by atoms with Crippen molar-refractivity contribution < 1.29 is 22.9 Å². The van der Waals surface area contributed by atoms with Gasteiger partial charge < -0.3 is 15.4 Å². The molecule has 0 spiro atoms. The van der Waals surface area contributed by atoms with Crippen LogP contribution in [0.3, 0.4) is 0 Å². The minimum atomic E-state index is -3.71. The number of nitro groups is 1. The van der Waals surface area contributed by atoms with Crippen molar-refractivity contribution in [3.8, 4) is 5.75 Å². The molecule has 0 aromatic heterocycles. The van der Waals surface area contributed by atoms with Crippen molar-refractivity contribution in [2.75, 3.05) is 37.4 Å². The van der Waals surface area contributed by atoms with Gasteiger partial charge in [-0.25, -0.2) is 8.42 Å². The molecule has 11 heteroatoms. The number of benzene rings is 2. The highest BCUT2D eigenvalue weighted by atomic mass is 32.2. The van der Waals surface area contributed by atoms with E-state index in [1.54, 1.807) is 19.9 Å². The molecule has 30 heavy (non-hydrogen) atoms. The molecule has 2 rings (SSSR count). The zero-order valence-electron chi connectivity index (χ0n) is 16.9. The highest BCUT2D eigenvalue weighted by Crippen LogP contribution is 2.29. The second kappa shape index (κ2) is 10.0. The number of nitrogens with zero attached hydrogens (tertiary/aromatic N) is 2. The van der Waals surface area contributed by atoms with Gasteiger partial charge in [-0.2, -0.15) is 4.31 Å². The topological polar surface area (TPSA) is 131 Å². The van der Waals surface area contributed by atoms with Crippen molar-refractivity contribution in [3.05, 3.63) is 52.6 Å². The van der Waals surface area contributed by atoms with Crippen LogP contribution in [0.4, 0.5) is 17.1 Å². The van der Waals surface area contributed by atoms with Gasteiger partial charge in [-0.05, 0) is 24.3 Å². The molecule has 0 saturated carbocycles. The van der Waals surface area contributed by atoms with Gasteiger partial charge in [-0.1, -0.05) is 19.9 Å². The van der Waals surface area contributed by atoms with Crippen LogP contribution in [0.15, 0.2) is 47.4 Å². The molecule has 0 saturated heterocycles. The van der Waals surface area contributed by atoms with Crippen LogP contribution < -0.4 is 15.4 Å². The molecule has 0 aliphatic heterocycles. The number of nitro benzene ring substituents is 1. The second-order valence-electron chi connectivity index (χ2n) is 6.16. The van der Waals surface area contributed by atoms with Gasteiger partial charge >= 0.3 is 0 Å². The standard InChI is InChI=1S/C19H24N4O6S/c1-4-22(5-2)30(27,28)16-9-10-18(29-3)17(12-16)21-19(24)13-20-14-7-6-8-15(11-14)23(25)26/h6-12,20H,4-5,13H2,1-3H3,(H,21,24). The van der Waals surface area contributed by atoms with Crippen molar-refractivity contribution in [1.29, 1.82) is 0 Å². The fourth-order valence-electron chi connectivity index (χ4n) is 2.76. The number of ether oxygens (including phenoxy) is 1. The Morgan fingerprint density at radius 1 is 1.17 bits per heavy atom. The van der Waals surface area contributed by atoms with Crippen LogP contribution in [-0.4, -0.2) is 50.3 Å². The molecule has 0 bridgehead atoms. The summed E-state index contributed by atoms with van der Waals surface area (Å²) in [5.41, 5.74) is 0.511. The van der Waals surface area contributed by atoms with Gasteiger partial charge in [0.15, 0.2) is 0 Å². The lowest BCUT2D eigenvalue weighted by atomic mass is 10.2. The molecule has 2 N–H and O–H groups in total. The third-order valence-corrected chi connectivity index (χ3v) is 6.34. The Kier molecular flexibility index (Phi) is 7.72. The van der Waals surface area contributed by atoms with Crippen molar-refractivity contribution in [2.24, 2.45) is 0 Å². The van der Waals surface area contributed by atoms with E-state index in [0.29, 0.717) is 24.5 Å². The van der Waals surface area contributed by atoms with Gasteiger partial charge in [-0.3, -0.25) is 14.9 Å². The smallest absolute Gasteiger partial charge is 0.271 e. The van der Waals surface area contributed by atoms with E-state index in [-0.39, 0.29) is 22.8 Å². The molecule has 0 radical (unpaired) electrons. The summed E-state index contributed by atoms with van der Waals surface area (Å²) < 4.78 is 32.0. The summed E-state index contributed by atoms with van der Waals surface area (Å²) in [5, 5.41) is 16.2. The van der Waals surface area contributed by atoms with Crippen molar-refractivity contribution in [2.45, 2.75) is 18.7 Å². The van der Waals surface area contributed by atoms with E-state index in [1.165, 1.54) is 47.8 Å². The molecule has 10 nitrogen and oxygen atoms in total. The Morgan fingerprint density at radius 3 is 2.47 bits per heavy atom. The van der Waals surface area contributed by atoms with Crippen LogP contribution in [0.25, 0.3) is 0 Å². The van der Waals surface area contributed by atoms with E-state index in [2.05, 4.69) is 10.6 Å². The molecule has 2 aromatic rings. The van der Waals surface area contributed by atoms with Crippen LogP contribution in [0.1, 0.15) is 13.8 Å². The Hall–Kier alpha value is -3.18. The number of non-ortho nitro benzene ring substituents is 1. The van der Waals surface area contributed by atoms with Gasteiger partial charge in [0.2, 0.25) is 15.9 Å².